The molecule has 0 aliphatic heterocycles. The molecule has 1 aliphatic carbocycles. The van der Waals surface area contributed by atoms with E-state index in [0.29, 0.717) is 6.04 Å². The molecule has 2 aromatic rings. The number of hydrogen-bond donors (Lipinski definition) is 2. The minimum Gasteiger partial charge on any atom is -0.340 e. The van der Waals surface area contributed by atoms with Crippen LogP contribution in [0.3, 0.4) is 0 Å². The highest BCUT2D eigenvalue weighted by molar-refractivity contribution is 5.51. The third-order valence-corrected chi connectivity index (χ3v) is 2.60. The SMILES string of the molecule is c1cnc(-c2cnc(CNC3CC3)[nH]2)cn1. The second-order valence-electron chi connectivity index (χ2n) is 3.99. The topological polar surface area (TPSA) is 66.5 Å². The van der Waals surface area contributed by atoms with E-state index in [4.69, 9.17) is 0 Å². The summed E-state index contributed by atoms with van der Waals surface area (Å²) in [4.78, 5) is 15.8. The van der Waals surface area contributed by atoms with Gasteiger partial charge in [0.05, 0.1) is 24.6 Å². The Morgan fingerprint density at radius 2 is 2.19 bits per heavy atom. The van der Waals surface area contributed by atoms with Crippen LogP contribution in [0.15, 0.2) is 24.8 Å². The van der Waals surface area contributed by atoms with E-state index in [1.165, 1.54) is 12.8 Å². The molecule has 16 heavy (non-hydrogen) atoms. The molecule has 5 heteroatoms. The first-order valence-electron chi connectivity index (χ1n) is 5.45. The number of nitrogens with zero attached hydrogens (tertiary/aromatic N) is 3. The summed E-state index contributed by atoms with van der Waals surface area (Å²) in [5.74, 6) is 0.951. The first-order chi connectivity index (χ1) is 7.92. The molecule has 82 valence electrons. The van der Waals surface area contributed by atoms with Gasteiger partial charge in [0.25, 0.3) is 0 Å². The number of aromatic nitrogens is 4. The summed E-state index contributed by atoms with van der Waals surface area (Å²) in [6.45, 7) is 0.797. The predicted octanol–water partition coefficient (Wildman–Crippen LogP) is 1.12. The van der Waals surface area contributed by atoms with Crippen molar-refractivity contribution in [3.63, 3.8) is 0 Å². The van der Waals surface area contributed by atoms with Crippen molar-refractivity contribution in [3.05, 3.63) is 30.6 Å². The largest absolute Gasteiger partial charge is 0.340 e. The molecule has 1 aliphatic rings. The Hall–Kier alpha value is -1.75. The van der Waals surface area contributed by atoms with Crippen LogP contribution in [0.5, 0.6) is 0 Å². The van der Waals surface area contributed by atoms with Crippen LogP contribution in [0.25, 0.3) is 11.4 Å². The Labute approximate surface area is 93.4 Å². The predicted molar refractivity (Wildman–Crippen MR) is 59.5 cm³/mol. The van der Waals surface area contributed by atoms with E-state index < -0.39 is 0 Å². The van der Waals surface area contributed by atoms with Crippen molar-refractivity contribution in [1.82, 2.24) is 25.3 Å². The van der Waals surface area contributed by atoms with Crippen molar-refractivity contribution in [2.45, 2.75) is 25.4 Å². The molecule has 1 saturated carbocycles. The van der Waals surface area contributed by atoms with Gasteiger partial charge in [-0.1, -0.05) is 0 Å². The molecule has 0 radical (unpaired) electrons. The number of H-pyrrole nitrogens is 1. The highest BCUT2D eigenvalue weighted by Gasteiger charge is 2.20. The molecule has 0 unspecified atom stereocenters. The molecule has 2 N–H and O–H groups in total. The molecular formula is C11H13N5. The van der Waals surface area contributed by atoms with Crippen LogP contribution in [0.1, 0.15) is 18.7 Å². The number of nitrogens with one attached hydrogen (secondary N) is 2. The van der Waals surface area contributed by atoms with Crippen molar-refractivity contribution in [1.29, 1.82) is 0 Å². The molecule has 5 nitrogen and oxygen atoms in total. The summed E-state index contributed by atoms with van der Waals surface area (Å²) in [5.41, 5.74) is 1.74. The lowest BCUT2D eigenvalue weighted by Gasteiger charge is -1.98. The zero-order valence-corrected chi connectivity index (χ0v) is 8.85. The maximum Gasteiger partial charge on any atom is 0.120 e. The van der Waals surface area contributed by atoms with E-state index in [1.54, 1.807) is 24.8 Å². The van der Waals surface area contributed by atoms with Crippen molar-refractivity contribution < 1.29 is 0 Å². The van der Waals surface area contributed by atoms with Crippen molar-refractivity contribution >= 4 is 0 Å². The highest BCUT2D eigenvalue weighted by Crippen LogP contribution is 2.19. The summed E-state index contributed by atoms with van der Waals surface area (Å²) in [6, 6.07) is 0.699. The molecule has 0 bridgehead atoms. The number of imidazole rings is 1. The van der Waals surface area contributed by atoms with Gasteiger partial charge in [0.2, 0.25) is 0 Å². The molecule has 0 atom stereocenters. The molecule has 0 amide bonds. The van der Waals surface area contributed by atoms with Gasteiger partial charge in [-0.05, 0) is 12.8 Å². The Balaban J connectivity index is 1.71. The van der Waals surface area contributed by atoms with Crippen LogP contribution in [-0.2, 0) is 6.54 Å². The second-order valence-corrected chi connectivity index (χ2v) is 3.99. The van der Waals surface area contributed by atoms with Crippen LogP contribution < -0.4 is 5.32 Å². The zero-order valence-electron chi connectivity index (χ0n) is 8.85. The zero-order chi connectivity index (χ0) is 10.8. The summed E-state index contributed by atoms with van der Waals surface area (Å²) in [5, 5.41) is 3.41. The van der Waals surface area contributed by atoms with E-state index in [1.807, 2.05) is 0 Å². The molecular weight excluding hydrogens is 202 g/mol. The second kappa shape index (κ2) is 4.02. The van der Waals surface area contributed by atoms with Crippen LogP contribution in [0.4, 0.5) is 0 Å². The summed E-state index contributed by atoms with van der Waals surface area (Å²) >= 11 is 0. The third kappa shape index (κ3) is 2.09. The van der Waals surface area contributed by atoms with Gasteiger partial charge in [-0.2, -0.15) is 0 Å². The molecule has 0 aromatic carbocycles. The number of hydrogen-bond acceptors (Lipinski definition) is 4. The first kappa shape index (κ1) is 9.47. The van der Waals surface area contributed by atoms with Crippen molar-refractivity contribution in [2.75, 3.05) is 0 Å². The van der Waals surface area contributed by atoms with Crippen LogP contribution in [0, 0.1) is 0 Å². The van der Waals surface area contributed by atoms with E-state index in [9.17, 15) is 0 Å². The lowest BCUT2D eigenvalue weighted by atomic mass is 10.3. The summed E-state index contributed by atoms with van der Waals surface area (Å²) in [7, 11) is 0. The fourth-order valence-corrected chi connectivity index (χ4v) is 1.55. The Bertz CT molecular complexity index is 460. The van der Waals surface area contributed by atoms with E-state index >= 15 is 0 Å². The minimum atomic E-state index is 0.699. The average molecular weight is 215 g/mol. The number of aromatic amines is 1. The molecule has 1 fully saturated rings. The normalized spacial score (nSPS) is 15.2. The summed E-state index contributed by atoms with van der Waals surface area (Å²) < 4.78 is 0. The highest BCUT2D eigenvalue weighted by atomic mass is 15.0. The lowest BCUT2D eigenvalue weighted by Crippen LogP contribution is -2.16. The van der Waals surface area contributed by atoms with Gasteiger partial charge in [0.15, 0.2) is 0 Å². The van der Waals surface area contributed by atoms with Gasteiger partial charge in [-0.15, -0.1) is 0 Å². The Kier molecular flexibility index (Phi) is 2.38. The van der Waals surface area contributed by atoms with Gasteiger partial charge in [0, 0.05) is 18.4 Å². The molecule has 2 aromatic heterocycles. The van der Waals surface area contributed by atoms with E-state index in [-0.39, 0.29) is 0 Å². The van der Waals surface area contributed by atoms with Gasteiger partial charge in [0.1, 0.15) is 11.5 Å². The molecule has 0 spiro atoms. The third-order valence-electron chi connectivity index (χ3n) is 2.60. The van der Waals surface area contributed by atoms with Crippen LogP contribution in [0.2, 0.25) is 0 Å². The lowest BCUT2D eigenvalue weighted by molar-refractivity contribution is 0.664. The fourth-order valence-electron chi connectivity index (χ4n) is 1.55. The average Bonchev–Trinajstić information content (AvgIpc) is 3.05. The number of rotatable bonds is 4. The summed E-state index contributed by atoms with van der Waals surface area (Å²) in [6.07, 6.45) is 9.45. The van der Waals surface area contributed by atoms with Crippen molar-refractivity contribution in [2.24, 2.45) is 0 Å². The quantitative estimate of drug-likeness (QED) is 0.802. The van der Waals surface area contributed by atoms with Gasteiger partial charge in [-0.25, -0.2) is 4.98 Å². The van der Waals surface area contributed by atoms with Gasteiger partial charge < -0.3 is 10.3 Å². The molecule has 2 heterocycles. The van der Waals surface area contributed by atoms with E-state index in [0.717, 1.165) is 23.8 Å². The van der Waals surface area contributed by atoms with Gasteiger partial charge >= 0.3 is 0 Å². The smallest absolute Gasteiger partial charge is 0.120 e. The maximum absolute atomic E-state index is 4.31. The first-order valence-corrected chi connectivity index (χ1v) is 5.45. The Morgan fingerprint density at radius 1 is 1.25 bits per heavy atom. The monoisotopic (exact) mass is 215 g/mol. The Morgan fingerprint density at radius 3 is 2.94 bits per heavy atom. The fraction of sp³-hybridized carbons (Fsp3) is 0.364. The molecule has 0 saturated heterocycles. The van der Waals surface area contributed by atoms with Crippen LogP contribution in [-0.4, -0.2) is 26.0 Å². The van der Waals surface area contributed by atoms with Gasteiger partial charge in [-0.3, -0.25) is 9.97 Å². The van der Waals surface area contributed by atoms with Crippen molar-refractivity contribution in [3.8, 4) is 11.4 Å². The maximum atomic E-state index is 4.31. The molecule has 3 rings (SSSR count). The van der Waals surface area contributed by atoms with E-state index in [2.05, 4.69) is 25.3 Å². The minimum absolute atomic E-state index is 0.699. The van der Waals surface area contributed by atoms with Crippen LogP contribution >= 0.6 is 0 Å². The standard InChI is InChI=1S/C11H13N5/c1-2-8(1)14-7-11-15-6-10(16-11)9-5-12-3-4-13-9/h3-6,8,14H,1-2,7H2,(H,15,16).